The van der Waals surface area contributed by atoms with Gasteiger partial charge in [-0.1, -0.05) is 0 Å². The number of ether oxygens (including phenoxy) is 2. The highest BCUT2D eigenvalue weighted by Crippen LogP contribution is 2.48. The van der Waals surface area contributed by atoms with Crippen LogP contribution in [0.25, 0.3) is 10.4 Å². The normalized spacial score (nSPS) is 24.3. The third-order valence-corrected chi connectivity index (χ3v) is 9.08. The molecule has 228 valence electrons. The topological polar surface area (TPSA) is 158 Å². The van der Waals surface area contributed by atoms with Gasteiger partial charge in [-0.05, 0) is 76.6 Å². The Hall–Kier alpha value is -3.13. The molecule has 42 heavy (non-hydrogen) atoms. The summed E-state index contributed by atoms with van der Waals surface area (Å²) in [5.74, 6) is -0.569. The molecule has 0 aliphatic carbocycles. The second-order valence-corrected chi connectivity index (χ2v) is 13.3. The number of thiophene rings is 1. The smallest absolute Gasteiger partial charge is 0.459 e. The van der Waals surface area contributed by atoms with Gasteiger partial charge in [-0.25, -0.2) is 13.8 Å². The van der Waals surface area contributed by atoms with Crippen LogP contribution in [0.3, 0.4) is 0 Å². The number of alkyl halides is 1. The van der Waals surface area contributed by atoms with Crippen LogP contribution in [0.4, 0.5) is 4.39 Å². The molecule has 1 aromatic carbocycles. The largest absolute Gasteiger partial charge is 0.462 e. The highest BCUT2D eigenvalue weighted by atomic mass is 32.1. The zero-order chi connectivity index (χ0) is 30.8. The molecule has 0 saturated carbocycles. The Labute approximate surface area is 245 Å². The summed E-state index contributed by atoms with van der Waals surface area (Å²) >= 11 is 1.61. The number of benzene rings is 1. The number of halogens is 1. The first-order valence-corrected chi connectivity index (χ1v) is 15.5. The first kappa shape index (κ1) is 31.8. The minimum absolute atomic E-state index is 0.146. The van der Waals surface area contributed by atoms with Crippen LogP contribution in [-0.2, 0) is 23.4 Å². The Morgan fingerprint density at radius 1 is 1.21 bits per heavy atom. The summed E-state index contributed by atoms with van der Waals surface area (Å²) in [5, 5.41) is 13.2. The van der Waals surface area contributed by atoms with E-state index in [1.54, 1.807) is 49.4 Å². The van der Waals surface area contributed by atoms with E-state index in [1.807, 2.05) is 24.0 Å². The molecule has 3 N–H and O–H groups in total. The van der Waals surface area contributed by atoms with Crippen molar-refractivity contribution in [3.05, 3.63) is 74.4 Å². The molecule has 0 bridgehead atoms. The van der Waals surface area contributed by atoms with Crippen molar-refractivity contribution in [3.63, 3.8) is 0 Å². The lowest BCUT2D eigenvalue weighted by Gasteiger charge is -2.25. The fourth-order valence-corrected chi connectivity index (χ4v) is 6.63. The van der Waals surface area contributed by atoms with Crippen LogP contribution in [0, 0.1) is 6.92 Å². The fraction of sp³-hybridized carbons (Fsp3) is 0.444. The van der Waals surface area contributed by atoms with Gasteiger partial charge in [0, 0.05) is 22.0 Å². The SMILES string of the molecule is Cc1ccc(-c2ccc(OP(=O)(N[C@@H](C)C(=O)OC(C)C)OCC3O[C@@H](n4ccc(=O)[nH]c4=O)[C@](C)(F)[C@@H]3O)cc2)s1. The van der Waals surface area contributed by atoms with E-state index in [-0.39, 0.29) is 5.75 Å². The number of aromatic amines is 1. The highest BCUT2D eigenvalue weighted by molar-refractivity contribution is 7.52. The van der Waals surface area contributed by atoms with Gasteiger partial charge in [0.15, 0.2) is 11.9 Å². The van der Waals surface area contributed by atoms with Crippen LogP contribution in [-0.4, -0.2) is 57.3 Å². The summed E-state index contributed by atoms with van der Waals surface area (Å²) in [6.07, 6.45) is -4.27. The monoisotopic (exact) mass is 625 g/mol. The predicted octanol–water partition coefficient (Wildman–Crippen LogP) is 3.69. The zero-order valence-electron chi connectivity index (χ0n) is 23.6. The van der Waals surface area contributed by atoms with E-state index in [0.29, 0.717) is 0 Å². The van der Waals surface area contributed by atoms with Crippen molar-refractivity contribution < 1.29 is 37.4 Å². The van der Waals surface area contributed by atoms with Crippen molar-refractivity contribution in [1.29, 1.82) is 0 Å². The lowest BCUT2D eigenvalue weighted by atomic mass is 9.98. The lowest BCUT2D eigenvalue weighted by molar-refractivity contribution is -0.149. The number of aromatic nitrogens is 2. The average molecular weight is 626 g/mol. The summed E-state index contributed by atoms with van der Waals surface area (Å²) in [7, 11) is -4.38. The van der Waals surface area contributed by atoms with Crippen LogP contribution < -0.4 is 20.9 Å². The van der Waals surface area contributed by atoms with E-state index >= 15 is 4.39 Å². The van der Waals surface area contributed by atoms with E-state index in [9.17, 15) is 24.1 Å². The molecule has 1 aliphatic rings. The van der Waals surface area contributed by atoms with Crippen LogP contribution >= 0.6 is 19.1 Å². The van der Waals surface area contributed by atoms with Crippen molar-refractivity contribution in [2.24, 2.45) is 0 Å². The highest BCUT2D eigenvalue weighted by Gasteiger charge is 2.56. The summed E-state index contributed by atoms with van der Waals surface area (Å²) in [4.78, 5) is 40.3. The lowest BCUT2D eigenvalue weighted by Crippen LogP contribution is -2.43. The molecule has 1 aliphatic heterocycles. The van der Waals surface area contributed by atoms with Crippen molar-refractivity contribution >= 4 is 25.1 Å². The van der Waals surface area contributed by atoms with Crippen LogP contribution in [0.1, 0.15) is 38.8 Å². The third kappa shape index (κ3) is 7.25. The Bertz CT molecular complexity index is 1570. The minimum atomic E-state index is -4.38. The maximum Gasteiger partial charge on any atom is 0.459 e. The van der Waals surface area contributed by atoms with E-state index in [4.69, 9.17) is 18.5 Å². The maximum absolute atomic E-state index is 15.6. The van der Waals surface area contributed by atoms with Crippen molar-refractivity contribution in [3.8, 4) is 16.2 Å². The van der Waals surface area contributed by atoms with Gasteiger partial charge in [-0.3, -0.25) is 23.7 Å². The van der Waals surface area contributed by atoms with Gasteiger partial charge in [0.2, 0.25) is 0 Å². The summed E-state index contributed by atoms with van der Waals surface area (Å²) in [6, 6.07) is 10.5. The Morgan fingerprint density at radius 2 is 1.90 bits per heavy atom. The van der Waals surface area contributed by atoms with Gasteiger partial charge in [-0.2, -0.15) is 5.09 Å². The first-order valence-electron chi connectivity index (χ1n) is 13.1. The van der Waals surface area contributed by atoms with E-state index in [2.05, 4.69) is 5.09 Å². The van der Waals surface area contributed by atoms with E-state index < -0.39 is 67.8 Å². The molecule has 15 heteroatoms. The first-order chi connectivity index (χ1) is 19.7. The molecule has 0 spiro atoms. The summed E-state index contributed by atoms with van der Waals surface area (Å²) in [6.45, 7) is 7.08. The van der Waals surface area contributed by atoms with Gasteiger partial charge in [0.05, 0.1) is 12.7 Å². The molecular formula is C27H33FN3O9PS. The number of aryl methyl sites for hydroxylation is 1. The fourth-order valence-electron chi connectivity index (χ4n) is 4.26. The van der Waals surface area contributed by atoms with E-state index in [1.165, 1.54) is 6.92 Å². The molecule has 3 aromatic rings. The van der Waals surface area contributed by atoms with Gasteiger partial charge < -0.3 is 19.1 Å². The van der Waals surface area contributed by atoms with Gasteiger partial charge in [0.1, 0.15) is 24.0 Å². The minimum Gasteiger partial charge on any atom is -0.462 e. The molecule has 1 saturated heterocycles. The second-order valence-electron chi connectivity index (χ2n) is 10.3. The zero-order valence-corrected chi connectivity index (χ0v) is 25.3. The van der Waals surface area contributed by atoms with Gasteiger partial charge in [-0.15, -0.1) is 11.3 Å². The van der Waals surface area contributed by atoms with Crippen LogP contribution in [0.15, 0.2) is 58.3 Å². The van der Waals surface area contributed by atoms with Gasteiger partial charge >= 0.3 is 19.4 Å². The average Bonchev–Trinajstić information content (AvgIpc) is 3.43. The maximum atomic E-state index is 15.6. The summed E-state index contributed by atoms with van der Waals surface area (Å²) < 4.78 is 52.4. The molecule has 2 unspecified atom stereocenters. The predicted molar refractivity (Wildman–Crippen MR) is 153 cm³/mol. The number of nitrogens with one attached hydrogen (secondary N) is 2. The van der Waals surface area contributed by atoms with Crippen LogP contribution in [0.5, 0.6) is 5.75 Å². The molecule has 0 amide bonds. The molecular weight excluding hydrogens is 592 g/mol. The van der Waals surface area contributed by atoms with Crippen LogP contribution in [0.2, 0.25) is 0 Å². The van der Waals surface area contributed by atoms with Crippen molar-refractivity contribution in [1.82, 2.24) is 14.6 Å². The Morgan fingerprint density at radius 3 is 2.50 bits per heavy atom. The number of nitrogens with zero attached hydrogens (tertiary/aromatic N) is 1. The van der Waals surface area contributed by atoms with Crippen molar-refractivity contribution in [2.45, 2.75) is 70.9 Å². The number of esters is 1. The summed E-state index contributed by atoms with van der Waals surface area (Å²) in [5.41, 5.74) is -3.23. The molecule has 6 atom stereocenters. The Balaban J connectivity index is 1.54. The number of aliphatic hydroxyl groups is 1. The molecule has 12 nitrogen and oxygen atoms in total. The standard InChI is InChI=1S/C27H33FN3O9PS/c1-15(2)38-24(34)17(4)30-41(36,40-19-9-7-18(8-10-19)21-11-6-16(3)42-21)37-14-20-23(33)27(5,28)25(39-20)31-13-12-22(32)29-26(31)35/h6-13,15,17,20,23,25,33H,14H2,1-5H3,(H,30,36)(H,29,32,35)/t17-,20?,23+,25+,27+,41?/m0/s1. The number of aliphatic hydroxyl groups excluding tert-OH is 1. The number of carbonyl (C=O) groups excluding carboxylic acids is 1. The van der Waals surface area contributed by atoms with Gasteiger partial charge in [0.25, 0.3) is 5.56 Å². The second kappa shape index (κ2) is 12.6. The number of carbonyl (C=O) groups is 1. The Kier molecular flexibility index (Phi) is 9.55. The molecule has 3 heterocycles. The number of hydrogen-bond donors (Lipinski definition) is 3. The number of H-pyrrole nitrogens is 1. The molecule has 2 aromatic heterocycles. The number of rotatable bonds is 11. The third-order valence-electron chi connectivity index (χ3n) is 6.39. The molecule has 0 radical (unpaired) electrons. The molecule has 4 rings (SSSR count). The quantitative estimate of drug-likeness (QED) is 0.212. The van der Waals surface area contributed by atoms with Crippen molar-refractivity contribution in [2.75, 3.05) is 6.61 Å². The molecule has 1 fully saturated rings. The van der Waals surface area contributed by atoms with E-state index in [0.717, 1.165) is 39.1 Å². The number of hydrogen-bond acceptors (Lipinski definition) is 10.